The topological polar surface area (TPSA) is 91.6 Å². The zero-order valence-electron chi connectivity index (χ0n) is 12.4. The second kappa shape index (κ2) is 6.30. The van der Waals surface area contributed by atoms with Gasteiger partial charge in [-0.1, -0.05) is 13.3 Å². The SMILES string of the molecule is Cc1occc1C(=O)NCC(=O)NC1CCCC1(C)CO. The van der Waals surface area contributed by atoms with Crippen LogP contribution in [0.3, 0.4) is 0 Å². The van der Waals surface area contributed by atoms with Crippen molar-refractivity contribution >= 4 is 11.8 Å². The highest BCUT2D eigenvalue weighted by molar-refractivity contribution is 5.97. The van der Waals surface area contributed by atoms with Crippen LogP contribution in [-0.4, -0.2) is 36.1 Å². The predicted octanol–water partition coefficient (Wildman–Crippen LogP) is 0.985. The van der Waals surface area contributed by atoms with E-state index in [1.54, 1.807) is 13.0 Å². The van der Waals surface area contributed by atoms with E-state index in [2.05, 4.69) is 10.6 Å². The van der Waals surface area contributed by atoms with Crippen LogP contribution >= 0.6 is 0 Å². The van der Waals surface area contributed by atoms with Gasteiger partial charge in [-0.05, 0) is 25.8 Å². The Kier molecular flexibility index (Phi) is 4.67. The maximum Gasteiger partial charge on any atom is 0.255 e. The Hall–Kier alpha value is -1.82. The molecular weight excluding hydrogens is 272 g/mol. The van der Waals surface area contributed by atoms with Gasteiger partial charge in [-0.3, -0.25) is 9.59 Å². The van der Waals surface area contributed by atoms with Crippen LogP contribution in [0.4, 0.5) is 0 Å². The molecule has 1 aliphatic carbocycles. The third-order valence-corrected chi connectivity index (χ3v) is 4.29. The van der Waals surface area contributed by atoms with Gasteiger partial charge in [-0.2, -0.15) is 0 Å². The van der Waals surface area contributed by atoms with Gasteiger partial charge in [0.05, 0.1) is 25.0 Å². The number of carbonyl (C=O) groups excluding carboxylic acids is 2. The van der Waals surface area contributed by atoms with Crippen molar-refractivity contribution in [3.8, 4) is 0 Å². The molecule has 0 spiro atoms. The Morgan fingerprint density at radius 3 is 2.90 bits per heavy atom. The molecule has 2 unspecified atom stereocenters. The monoisotopic (exact) mass is 294 g/mol. The number of amides is 2. The molecule has 0 aliphatic heterocycles. The Balaban J connectivity index is 1.83. The van der Waals surface area contributed by atoms with Crippen LogP contribution in [-0.2, 0) is 4.79 Å². The van der Waals surface area contributed by atoms with E-state index in [9.17, 15) is 14.7 Å². The van der Waals surface area contributed by atoms with Crippen LogP contribution in [0.15, 0.2) is 16.7 Å². The molecule has 2 amide bonds. The zero-order valence-corrected chi connectivity index (χ0v) is 12.4. The maximum atomic E-state index is 11.9. The minimum atomic E-state index is -0.326. The predicted molar refractivity (Wildman–Crippen MR) is 76.8 cm³/mol. The van der Waals surface area contributed by atoms with E-state index in [4.69, 9.17) is 4.42 Å². The normalized spacial score (nSPS) is 24.8. The van der Waals surface area contributed by atoms with Crippen molar-refractivity contribution in [3.63, 3.8) is 0 Å². The van der Waals surface area contributed by atoms with Crippen LogP contribution in [0.1, 0.15) is 42.3 Å². The first kappa shape index (κ1) is 15.6. The molecule has 2 rings (SSSR count). The number of aryl methyl sites for hydroxylation is 1. The summed E-state index contributed by atoms with van der Waals surface area (Å²) in [6.45, 7) is 3.64. The van der Waals surface area contributed by atoms with E-state index in [-0.39, 0.29) is 36.4 Å². The van der Waals surface area contributed by atoms with Gasteiger partial charge in [0, 0.05) is 11.5 Å². The number of aliphatic hydroxyl groups excluding tert-OH is 1. The summed E-state index contributed by atoms with van der Waals surface area (Å²) in [4.78, 5) is 23.8. The molecule has 1 saturated carbocycles. The van der Waals surface area contributed by atoms with E-state index < -0.39 is 0 Å². The summed E-state index contributed by atoms with van der Waals surface area (Å²) in [5.74, 6) is -0.0413. The first-order valence-electron chi connectivity index (χ1n) is 7.19. The van der Waals surface area contributed by atoms with Crippen LogP contribution < -0.4 is 10.6 Å². The molecule has 1 aromatic heterocycles. The van der Waals surface area contributed by atoms with Crippen molar-refractivity contribution < 1.29 is 19.1 Å². The highest BCUT2D eigenvalue weighted by Gasteiger charge is 2.38. The number of aliphatic hydroxyl groups is 1. The molecule has 1 aliphatic rings. The molecule has 1 fully saturated rings. The molecule has 2 atom stereocenters. The standard InChI is InChI=1S/C15H22N2O4/c1-10-11(5-7-21-10)14(20)16-8-13(19)17-12-4-3-6-15(12,2)9-18/h5,7,12,18H,3-4,6,8-9H2,1-2H3,(H,16,20)(H,17,19). The number of hydrogen-bond donors (Lipinski definition) is 3. The van der Waals surface area contributed by atoms with Crippen molar-refractivity contribution in [1.82, 2.24) is 10.6 Å². The average Bonchev–Trinajstić information content (AvgIpc) is 3.04. The molecule has 21 heavy (non-hydrogen) atoms. The highest BCUT2D eigenvalue weighted by Crippen LogP contribution is 2.37. The van der Waals surface area contributed by atoms with Gasteiger partial charge in [-0.25, -0.2) is 0 Å². The number of carbonyl (C=O) groups is 2. The van der Waals surface area contributed by atoms with E-state index in [1.165, 1.54) is 6.26 Å². The van der Waals surface area contributed by atoms with Gasteiger partial charge in [0.1, 0.15) is 5.76 Å². The third-order valence-electron chi connectivity index (χ3n) is 4.29. The Labute approximate surface area is 123 Å². The summed E-state index contributed by atoms with van der Waals surface area (Å²) in [7, 11) is 0. The molecule has 3 N–H and O–H groups in total. The fourth-order valence-electron chi connectivity index (χ4n) is 2.79. The lowest BCUT2D eigenvalue weighted by Crippen LogP contribution is -2.48. The van der Waals surface area contributed by atoms with E-state index in [1.807, 2.05) is 6.92 Å². The Morgan fingerprint density at radius 2 is 2.29 bits per heavy atom. The van der Waals surface area contributed by atoms with Gasteiger partial charge >= 0.3 is 0 Å². The minimum Gasteiger partial charge on any atom is -0.469 e. The lowest BCUT2D eigenvalue weighted by atomic mass is 9.86. The Morgan fingerprint density at radius 1 is 1.52 bits per heavy atom. The molecule has 0 bridgehead atoms. The number of furan rings is 1. The molecule has 1 aromatic rings. The number of nitrogens with one attached hydrogen (secondary N) is 2. The highest BCUT2D eigenvalue weighted by atomic mass is 16.3. The molecular formula is C15H22N2O4. The molecule has 0 saturated heterocycles. The lowest BCUT2D eigenvalue weighted by Gasteiger charge is -2.30. The molecule has 6 heteroatoms. The summed E-state index contributed by atoms with van der Waals surface area (Å²) >= 11 is 0. The fourth-order valence-corrected chi connectivity index (χ4v) is 2.79. The second-order valence-corrected chi connectivity index (χ2v) is 5.90. The lowest BCUT2D eigenvalue weighted by molar-refractivity contribution is -0.121. The van der Waals surface area contributed by atoms with Crippen molar-refractivity contribution in [3.05, 3.63) is 23.7 Å². The van der Waals surface area contributed by atoms with Crippen LogP contribution in [0.5, 0.6) is 0 Å². The molecule has 116 valence electrons. The summed E-state index contributed by atoms with van der Waals surface area (Å²) in [6, 6.07) is 1.53. The summed E-state index contributed by atoms with van der Waals surface area (Å²) in [5.41, 5.74) is 0.171. The quantitative estimate of drug-likeness (QED) is 0.755. The van der Waals surface area contributed by atoms with Crippen LogP contribution in [0.25, 0.3) is 0 Å². The zero-order chi connectivity index (χ0) is 15.5. The summed E-state index contributed by atoms with van der Waals surface area (Å²) in [6.07, 6.45) is 4.19. The first-order valence-corrected chi connectivity index (χ1v) is 7.19. The van der Waals surface area contributed by atoms with Crippen LogP contribution in [0.2, 0.25) is 0 Å². The smallest absolute Gasteiger partial charge is 0.255 e. The summed E-state index contributed by atoms with van der Waals surface area (Å²) in [5, 5.41) is 14.9. The molecule has 0 aromatic carbocycles. The van der Waals surface area contributed by atoms with Crippen molar-refractivity contribution in [1.29, 1.82) is 0 Å². The van der Waals surface area contributed by atoms with E-state index in [0.717, 1.165) is 19.3 Å². The van der Waals surface area contributed by atoms with Crippen molar-refractivity contribution in [2.45, 2.75) is 39.2 Å². The van der Waals surface area contributed by atoms with Gasteiger partial charge in [0.2, 0.25) is 5.91 Å². The van der Waals surface area contributed by atoms with Gasteiger partial charge in [0.25, 0.3) is 5.91 Å². The average molecular weight is 294 g/mol. The number of hydrogen-bond acceptors (Lipinski definition) is 4. The van der Waals surface area contributed by atoms with E-state index in [0.29, 0.717) is 11.3 Å². The van der Waals surface area contributed by atoms with Crippen LogP contribution in [0, 0.1) is 12.3 Å². The maximum absolute atomic E-state index is 11.9. The molecule has 0 radical (unpaired) electrons. The Bertz CT molecular complexity index is 525. The molecule has 6 nitrogen and oxygen atoms in total. The van der Waals surface area contributed by atoms with Crippen molar-refractivity contribution in [2.24, 2.45) is 5.41 Å². The summed E-state index contributed by atoms with van der Waals surface area (Å²) < 4.78 is 5.05. The minimum absolute atomic E-state index is 0.0393. The van der Waals surface area contributed by atoms with Crippen molar-refractivity contribution in [2.75, 3.05) is 13.2 Å². The van der Waals surface area contributed by atoms with Gasteiger partial charge < -0.3 is 20.2 Å². The number of rotatable bonds is 5. The molecule has 1 heterocycles. The largest absolute Gasteiger partial charge is 0.469 e. The van der Waals surface area contributed by atoms with Gasteiger partial charge in [0.15, 0.2) is 0 Å². The fraction of sp³-hybridized carbons (Fsp3) is 0.600. The van der Waals surface area contributed by atoms with Gasteiger partial charge in [-0.15, -0.1) is 0 Å². The third kappa shape index (κ3) is 3.44. The van der Waals surface area contributed by atoms with E-state index >= 15 is 0 Å². The second-order valence-electron chi connectivity index (χ2n) is 5.90. The first-order chi connectivity index (χ1) is 9.96.